The van der Waals surface area contributed by atoms with Gasteiger partial charge in [0.15, 0.2) is 0 Å². The van der Waals surface area contributed by atoms with Crippen molar-refractivity contribution in [2.45, 2.75) is 6.92 Å². The molecule has 0 atom stereocenters. The molecule has 0 aromatic heterocycles. The molecule has 0 unspecified atom stereocenters. The SMILES string of the molecule is CCOc1ccc(N(C)CCS)cc1. The van der Waals surface area contributed by atoms with E-state index in [0.29, 0.717) is 6.61 Å². The normalized spacial score (nSPS) is 9.93. The summed E-state index contributed by atoms with van der Waals surface area (Å²) in [7, 11) is 2.06. The Bertz CT molecular complexity index is 260. The summed E-state index contributed by atoms with van der Waals surface area (Å²) in [5.41, 5.74) is 1.20. The zero-order chi connectivity index (χ0) is 10.4. The lowest BCUT2D eigenvalue weighted by Crippen LogP contribution is -2.19. The van der Waals surface area contributed by atoms with E-state index in [-0.39, 0.29) is 0 Å². The number of hydrogen-bond acceptors (Lipinski definition) is 3. The van der Waals surface area contributed by atoms with Gasteiger partial charge in [0.1, 0.15) is 5.75 Å². The molecule has 0 spiro atoms. The predicted octanol–water partition coefficient (Wildman–Crippen LogP) is 2.45. The smallest absolute Gasteiger partial charge is 0.119 e. The molecule has 1 aromatic rings. The maximum Gasteiger partial charge on any atom is 0.119 e. The number of ether oxygens (including phenoxy) is 1. The van der Waals surface area contributed by atoms with Crippen molar-refractivity contribution >= 4 is 18.3 Å². The van der Waals surface area contributed by atoms with E-state index in [0.717, 1.165) is 18.0 Å². The highest BCUT2D eigenvalue weighted by atomic mass is 32.1. The summed E-state index contributed by atoms with van der Waals surface area (Å²) in [6, 6.07) is 8.12. The van der Waals surface area contributed by atoms with Gasteiger partial charge in [-0.15, -0.1) is 0 Å². The van der Waals surface area contributed by atoms with E-state index >= 15 is 0 Å². The largest absolute Gasteiger partial charge is 0.494 e. The molecule has 0 aliphatic carbocycles. The number of benzene rings is 1. The van der Waals surface area contributed by atoms with E-state index in [2.05, 4.69) is 36.7 Å². The fraction of sp³-hybridized carbons (Fsp3) is 0.455. The molecular formula is C11H17NOS. The molecular weight excluding hydrogens is 194 g/mol. The first-order chi connectivity index (χ1) is 6.77. The molecule has 78 valence electrons. The highest BCUT2D eigenvalue weighted by Gasteiger charge is 1.99. The second kappa shape index (κ2) is 5.81. The van der Waals surface area contributed by atoms with Crippen LogP contribution in [-0.2, 0) is 0 Å². The average Bonchev–Trinajstić information content (AvgIpc) is 2.20. The highest BCUT2D eigenvalue weighted by Crippen LogP contribution is 2.18. The first-order valence-corrected chi connectivity index (χ1v) is 5.46. The van der Waals surface area contributed by atoms with Gasteiger partial charge in [0.2, 0.25) is 0 Å². The standard InChI is InChI=1S/C11H17NOS/c1-3-13-11-6-4-10(5-7-11)12(2)8-9-14/h4-7,14H,3,8-9H2,1-2H3. The van der Waals surface area contributed by atoms with Crippen LogP contribution in [0.3, 0.4) is 0 Å². The lowest BCUT2D eigenvalue weighted by Gasteiger charge is -2.18. The number of thiol groups is 1. The van der Waals surface area contributed by atoms with Gasteiger partial charge in [0.25, 0.3) is 0 Å². The second-order valence-corrected chi connectivity index (χ2v) is 3.52. The minimum Gasteiger partial charge on any atom is -0.494 e. The van der Waals surface area contributed by atoms with Crippen molar-refractivity contribution in [3.05, 3.63) is 24.3 Å². The summed E-state index contributed by atoms with van der Waals surface area (Å²) in [5.74, 6) is 1.79. The summed E-state index contributed by atoms with van der Waals surface area (Å²) in [4.78, 5) is 2.17. The third kappa shape index (κ3) is 3.14. The molecule has 0 heterocycles. The third-order valence-electron chi connectivity index (χ3n) is 2.02. The quantitative estimate of drug-likeness (QED) is 0.751. The molecule has 2 nitrogen and oxygen atoms in total. The van der Waals surface area contributed by atoms with Crippen LogP contribution in [0.1, 0.15) is 6.92 Å². The summed E-state index contributed by atoms with van der Waals surface area (Å²) in [6.45, 7) is 3.66. The third-order valence-corrected chi connectivity index (χ3v) is 2.22. The number of hydrogen-bond donors (Lipinski definition) is 1. The lowest BCUT2D eigenvalue weighted by atomic mass is 10.3. The Hall–Kier alpha value is -0.830. The van der Waals surface area contributed by atoms with Gasteiger partial charge >= 0.3 is 0 Å². The van der Waals surface area contributed by atoms with Crippen molar-refractivity contribution in [1.29, 1.82) is 0 Å². The monoisotopic (exact) mass is 211 g/mol. The predicted molar refractivity (Wildman–Crippen MR) is 64.7 cm³/mol. The molecule has 0 amide bonds. The van der Waals surface area contributed by atoms with Gasteiger partial charge in [-0.2, -0.15) is 12.6 Å². The Morgan fingerprint density at radius 1 is 1.29 bits per heavy atom. The van der Waals surface area contributed by atoms with Crippen molar-refractivity contribution in [3.8, 4) is 5.75 Å². The van der Waals surface area contributed by atoms with Gasteiger partial charge in [-0.1, -0.05) is 0 Å². The molecule has 14 heavy (non-hydrogen) atoms. The second-order valence-electron chi connectivity index (χ2n) is 3.07. The van der Waals surface area contributed by atoms with Gasteiger partial charge in [0, 0.05) is 25.0 Å². The molecule has 0 N–H and O–H groups in total. The summed E-state index contributed by atoms with van der Waals surface area (Å²) >= 11 is 4.20. The van der Waals surface area contributed by atoms with Gasteiger partial charge in [-0.05, 0) is 31.2 Å². The molecule has 3 heteroatoms. The van der Waals surface area contributed by atoms with Crippen LogP contribution < -0.4 is 9.64 Å². The highest BCUT2D eigenvalue weighted by molar-refractivity contribution is 7.80. The molecule has 0 bridgehead atoms. The van der Waals surface area contributed by atoms with E-state index in [1.165, 1.54) is 5.69 Å². The van der Waals surface area contributed by atoms with Crippen LogP contribution in [-0.4, -0.2) is 26.0 Å². The average molecular weight is 211 g/mol. The van der Waals surface area contributed by atoms with E-state index in [4.69, 9.17) is 4.74 Å². The molecule has 0 radical (unpaired) electrons. The Balaban J connectivity index is 2.62. The molecule has 0 saturated heterocycles. The van der Waals surface area contributed by atoms with Crippen LogP contribution >= 0.6 is 12.6 Å². The van der Waals surface area contributed by atoms with Crippen LogP contribution in [0.25, 0.3) is 0 Å². The summed E-state index contributed by atoms with van der Waals surface area (Å²) in [6.07, 6.45) is 0. The minimum atomic E-state index is 0.714. The molecule has 0 fully saturated rings. The topological polar surface area (TPSA) is 12.5 Å². The van der Waals surface area contributed by atoms with E-state index in [1.807, 2.05) is 19.1 Å². The molecule has 0 saturated carbocycles. The molecule has 0 aliphatic heterocycles. The molecule has 0 aliphatic rings. The summed E-state index contributed by atoms with van der Waals surface area (Å²) in [5, 5.41) is 0. The Morgan fingerprint density at radius 3 is 2.43 bits per heavy atom. The molecule has 1 rings (SSSR count). The van der Waals surface area contributed by atoms with E-state index in [1.54, 1.807) is 0 Å². The van der Waals surface area contributed by atoms with Crippen molar-refractivity contribution in [2.75, 3.05) is 30.9 Å². The Kier molecular flexibility index (Phi) is 4.66. The summed E-state index contributed by atoms with van der Waals surface area (Å²) < 4.78 is 5.37. The van der Waals surface area contributed by atoms with Crippen LogP contribution in [0.4, 0.5) is 5.69 Å². The van der Waals surface area contributed by atoms with Gasteiger partial charge in [-0.25, -0.2) is 0 Å². The van der Waals surface area contributed by atoms with Gasteiger partial charge in [0.05, 0.1) is 6.61 Å². The van der Waals surface area contributed by atoms with Crippen LogP contribution in [0.2, 0.25) is 0 Å². The van der Waals surface area contributed by atoms with Crippen molar-refractivity contribution < 1.29 is 4.74 Å². The first-order valence-electron chi connectivity index (χ1n) is 4.82. The number of rotatable bonds is 5. The minimum absolute atomic E-state index is 0.714. The zero-order valence-electron chi connectivity index (χ0n) is 8.73. The lowest BCUT2D eigenvalue weighted by molar-refractivity contribution is 0.340. The fourth-order valence-electron chi connectivity index (χ4n) is 1.24. The van der Waals surface area contributed by atoms with Crippen molar-refractivity contribution in [1.82, 2.24) is 0 Å². The Labute approximate surface area is 91.3 Å². The zero-order valence-corrected chi connectivity index (χ0v) is 9.63. The van der Waals surface area contributed by atoms with E-state index in [9.17, 15) is 0 Å². The van der Waals surface area contributed by atoms with Crippen LogP contribution in [0.15, 0.2) is 24.3 Å². The van der Waals surface area contributed by atoms with E-state index < -0.39 is 0 Å². The maximum absolute atomic E-state index is 5.37. The number of nitrogens with zero attached hydrogens (tertiary/aromatic N) is 1. The van der Waals surface area contributed by atoms with Gasteiger partial charge in [-0.3, -0.25) is 0 Å². The molecule has 1 aromatic carbocycles. The van der Waals surface area contributed by atoms with Crippen molar-refractivity contribution in [3.63, 3.8) is 0 Å². The van der Waals surface area contributed by atoms with Crippen molar-refractivity contribution in [2.24, 2.45) is 0 Å². The number of anilines is 1. The van der Waals surface area contributed by atoms with Crippen LogP contribution in [0, 0.1) is 0 Å². The van der Waals surface area contributed by atoms with Gasteiger partial charge < -0.3 is 9.64 Å². The van der Waals surface area contributed by atoms with Crippen LogP contribution in [0.5, 0.6) is 5.75 Å². The maximum atomic E-state index is 5.37. The fourth-order valence-corrected chi connectivity index (χ4v) is 1.54. The first kappa shape index (κ1) is 11.2. The Morgan fingerprint density at radius 2 is 1.93 bits per heavy atom.